The summed E-state index contributed by atoms with van der Waals surface area (Å²) in [6, 6.07) is 15.4. The first-order valence-electron chi connectivity index (χ1n) is 11.5. The van der Waals surface area contributed by atoms with Crippen LogP contribution in [0.25, 0.3) is 11.2 Å². The standard InChI is InChI=1S/C28H22F3N3O3/c1-16(13-32)26-20-7-5-17(10-18(20)14-36-25-12-19(29)6-8-21(25)26)11-23-22(15-35-2)33-27-24(37-28(30)31)4-3-9-34(23)27/h3-10,12,28H,11,14-15H2,1-2H3/b26-16-. The van der Waals surface area contributed by atoms with Crippen molar-refractivity contribution in [3.8, 4) is 17.6 Å². The lowest BCUT2D eigenvalue weighted by atomic mass is 9.89. The average Bonchev–Trinajstić information content (AvgIpc) is 3.13. The molecule has 37 heavy (non-hydrogen) atoms. The van der Waals surface area contributed by atoms with Crippen LogP contribution < -0.4 is 9.47 Å². The largest absolute Gasteiger partial charge is 0.488 e. The first-order chi connectivity index (χ1) is 17.9. The summed E-state index contributed by atoms with van der Waals surface area (Å²) in [5.74, 6) is -0.0749. The molecular weight excluding hydrogens is 483 g/mol. The van der Waals surface area contributed by atoms with E-state index in [-0.39, 0.29) is 24.6 Å². The molecule has 0 atom stereocenters. The van der Waals surface area contributed by atoms with Crippen molar-refractivity contribution >= 4 is 11.2 Å². The summed E-state index contributed by atoms with van der Waals surface area (Å²) in [7, 11) is 1.54. The smallest absolute Gasteiger partial charge is 0.387 e. The molecule has 4 aromatic rings. The molecule has 6 nitrogen and oxygen atoms in total. The fraction of sp³-hybridized carbons (Fsp3) is 0.214. The summed E-state index contributed by atoms with van der Waals surface area (Å²) < 4.78 is 57.5. The number of nitriles is 1. The fourth-order valence-corrected chi connectivity index (χ4v) is 4.66. The average molecular weight is 505 g/mol. The molecule has 0 saturated heterocycles. The number of nitrogens with zero attached hydrogens (tertiary/aromatic N) is 3. The maximum atomic E-state index is 13.9. The van der Waals surface area contributed by atoms with E-state index in [0.29, 0.717) is 34.6 Å². The third kappa shape index (κ3) is 4.63. The Bertz CT molecular complexity index is 1570. The van der Waals surface area contributed by atoms with Crippen LogP contribution in [0, 0.1) is 17.1 Å². The molecule has 0 fully saturated rings. The van der Waals surface area contributed by atoms with Crippen molar-refractivity contribution < 1.29 is 27.4 Å². The lowest BCUT2D eigenvalue weighted by Crippen LogP contribution is -2.04. The van der Waals surface area contributed by atoms with Gasteiger partial charge in [-0.05, 0) is 47.9 Å². The van der Waals surface area contributed by atoms with Crippen LogP contribution in [0.4, 0.5) is 13.2 Å². The number of ether oxygens (including phenoxy) is 3. The van der Waals surface area contributed by atoms with E-state index in [4.69, 9.17) is 9.47 Å². The van der Waals surface area contributed by atoms with Gasteiger partial charge in [0.25, 0.3) is 0 Å². The number of aromatic nitrogens is 2. The van der Waals surface area contributed by atoms with Crippen molar-refractivity contribution in [3.63, 3.8) is 0 Å². The minimum atomic E-state index is -2.97. The molecular formula is C28H22F3N3O3. The minimum Gasteiger partial charge on any atom is -0.488 e. The van der Waals surface area contributed by atoms with Gasteiger partial charge in [0.05, 0.1) is 24.1 Å². The highest BCUT2D eigenvalue weighted by Gasteiger charge is 2.23. The lowest BCUT2D eigenvalue weighted by Gasteiger charge is -2.13. The molecule has 188 valence electrons. The van der Waals surface area contributed by atoms with E-state index in [2.05, 4.69) is 15.8 Å². The van der Waals surface area contributed by atoms with Crippen LogP contribution in [0.3, 0.4) is 0 Å². The molecule has 2 aromatic carbocycles. The Kier molecular flexibility index (Phi) is 6.59. The van der Waals surface area contributed by atoms with E-state index in [1.165, 1.54) is 25.3 Å². The Morgan fingerprint density at radius 3 is 2.76 bits per heavy atom. The second-order valence-corrected chi connectivity index (χ2v) is 8.59. The van der Waals surface area contributed by atoms with Crippen molar-refractivity contribution in [1.29, 1.82) is 5.26 Å². The molecule has 0 radical (unpaired) electrons. The van der Waals surface area contributed by atoms with Crippen LogP contribution in [-0.2, 0) is 24.4 Å². The molecule has 0 saturated carbocycles. The van der Waals surface area contributed by atoms with Gasteiger partial charge in [-0.25, -0.2) is 9.37 Å². The van der Waals surface area contributed by atoms with E-state index in [9.17, 15) is 18.4 Å². The molecule has 0 unspecified atom stereocenters. The predicted octanol–water partition coefficient (Wildman–Crippen LogP) is 6.05. The number of benzene rings is 2. The number of halogens is 3. The predicted molar refractivity (Wildman–Crippen MR) is 130 cm³/mol. The molecule has 5 rings (SSSR count). The van der Waals surface area contributed by atoms with Crippen LogP contribution in [0.1, 0.15) is 40.6 Å². The van der Waals surface area contributed by atoms with E-state index in [0.717, 1.165) is 22.4 Å². The highest BCUT2D eigenvalue weighted by Crippen LogP contribution is 2.39. The quantitative estimate of drug-likeness (QED) is 0.299. The van der Waals surface area contributed by atoms with E-state index in [1.54, 1.807) is 29.7 Å². The Morgan fingerprint density at radius 2 is 2.00 bits per heavy atom. The molecule has 0 aliphatic carbocycles. The lowest BCUT2D eigenvalue weighted by molar-refractivity contribution is -0.0491. The number of allylic oxidation sites excluding steroid dienone is 1. The second-order valence-electron chi connectivity index (χ2n) is 8.59. The Hall–Kier alpha value is -4.29. The Morgan fingerprint density at radius 1 is 1.19 bits per heavy atom. The third-order valence-corrected chi connectivity index (χ3v) is 6.24. The molecule has 0 N–H and O–H groups in total. The zero-order valence-corrected chi connectivity index (χ0v) is 20.1. The number of pyridine rings is 1. The zero-order chi connectivity index (χ0) is 26.1. The van der Waals surface area contributed by atoms with Gasteiger partial charge in [0.15, 0.2) is 11.4 Å². The van der Waals surface area contributed by atoms with Gasteiger partial charge in [-0.2, -0.15) is 14.0 Å². The van der Waals surface area contributed by atoms with Crippen molar-refractivity contribution in [1.82, 2.24) is 9.38 Å². The molecule has 0 spiro atoms. The normalized spacial score (nSPS) is 14.0. The Labute approximate surface area is 211 Å². The first-order valence-corrected chi connectivity index (χ1v) is 11.5. The summed E-state index contributed by atoms with van der Waals surface area (Å²) in [4.78, 5) is 4.51. The van der Waals surface area contributed by atoms with Gasteiger partial charge in [-0.15, -0.1) is 0 Å². The van der Waals surface area contributed by atoms with Gasteiger partial charge in [0.2, 0.25) is 0 Å². The number of fused-ring (bicyclic) bond motifs is 3. The highest BCUT2D eigenvalue weighted by atomic mass is 19.3. The maximum Gasteiger partial charge on any atom is 0.387 e. The second kappa shape index (κ2) is 9.99. The fourth-order valence-electron chi connectivity index (χ4n) is 4.66. The monoisotopic (exact) mass is 505 g/mol. The number of alkyl halides is 2. The van der Waals surface area contributed by atoms with Gasteiger partial charge in [0, 0.05) is 42.5 Å². The number of methoxy groups -OCH3 is 1. The molecule has 1 aliphatic heterocycles. The Balaban J connectivity index is 1.59. The molecule has 3 heterocycles. The molecule has 2 aromatic heterocycles. The van der Waals surface area contributed by atoms with E-state index in [1.807, 2.05) is 18.2 Å². The summed E-state index contributed by atoms with van der Waals surface area (Å²) in [5.41, 5.74) is 6.05. The maximum absolute atomic E-state index is 13.9. The van der Waals surface area contributed by atoms with Crippen molar-refractivity contribution in [2.24, 2.45) is 0 Å². The van der Waals surface area contributed by atoms with Crippen LogP contribution in [-0.4, -0.2) is 23.1 Å². The summed E-state index contributed by atoms with van der Waals surface area (Å²) in [6.45, 7) is -0.876. The molecule has 0 amide bonds. The summed E-state index contributed by atoms with van der Waals surface area (Å²) in [5, 5.41) is 9.67. The van der Waals surface area contributed by atoms with Gasteiger partial charge in [-0.1, -0.05) is 18.2 Å². The zero-order valence-electron chi connectivity index (χ0n) is 20.1. The molecule has 0 bridgehead atoms. The number of imidazole rings is 1. The SMILES string of the molecule is COCc1nc2c(OC(F)F)cccn2c1Cc1ccc2c(c1)COc1cc(F)ccc1/C2=C(/C)C#N. The molecule has 9 heteroatoms. The van der Waals surface area contributed by atoms with Crippen molar-refractivity contribution in [2.75, 3.05) is 7.11 Å². The van der Waals surface area contributed by atoms with Crippen LogP contribution in [0.2, 0.25) is 0 Å². The van der Waals surface area contributed by atoms with Gasteiger partial charge >= 0.3 is 6.61 Å². The summed E-state index contributed by atoms with van der Waals surface area (Å²) >= 11 is 0. The number of hydrogen-bond acceptors (Lipinski definition) is 5. The van der Waals surface area contributed by atoms with Gasteiger partial charge < -0.3 is 18.6 Å². The highest BCUT2D eigenvalue weighted by molar-refractivity contribution is 5.88. The third-order valence-electron chi connectivity index (χ3n) is 6.24. The van der Waals surface area contributed by atoms with Crippen molar-refractivity contribution in [2.45, 2.75) is 33.2 Å². The first kappa shape index (κ1) is 24.4. The number of hydrogen-bond donors (Lipinski definition) is 0. The van der Waals surface area contributed by atoms with Crippen LogP contribution in [0.5, 0.6) is 11.5 Å². The minimum absolute atomic E-state index is 0.0248. The van der Waals surface area contributed by atoms with Crippen molar-refractivity contribution in [3.05, 3.63) is 99.8 Å². The molecule has 1 aliphatic rings. The van der Waals surface area contributed by atoms with Crippen LogP contribution >= 0.6 is 0 Å². The number of rotatable bonds is 6. The summed E-state index contributed by atoms with van der Waals surface area (Å²) in [6.07, 6.45) is 2.16. The topological polar surface area (TPSA) is 68.8 Å². The van der Waals surface area contributed by atoms with Gasteiger partial charge in [-0.3, -0.25) is 0 Å². The van der Waals surface area contributed by atoms with Crippen LogP contribution in [0.15, 0.2) is 60.3 Å². The van der Waals surface area contributed by atoms with E-state index >= 15 is 0 Å². The van der Waals surface area contributed by atoms with Gasteiger partial charge in [0.1, 0.15) is 18.2 Å². The van der Waals surface area contributed by atoms with E-state index < -0.39 is 12.4 Å².